The maximum Gasteiger partial charge on any atom is 0.257 e. The molecule has 3 aromatic rings. The van der Waals surface area contributed by atoms with Crippen LogP contribution in [0.25, 0.3) is 0 Å². The van der Waals surface area contributed by atoms with Crippen LogP contribution in [-0.4, -0.2) is 48.1 Å². The van der Waals surface area contributed by atoms with Gasteiger partial charge in [0.2, 0.25) is 5.91 Å². The number of halogens is 2. The Kier molecular flexibility index (Phi) is 11.9. The number of nitrogens with one attached hydrogen (secondary N) is 1. The molecular formula is C31H35Cl2N3O3S. The third kappa shape index (κ3) is 8.77. The van der Waals surface area contributed by atoms with Crippen molar-refractivity contribution >= 4 is 63.7 Å². The van der Waals surface area contributed by atoms with E-state index in [9.17, 15) is 9.59 Å². The van der Waals surface area contributed by atoms with Gasteiger partial charge in [0.25, 0.3) is 5.91 Å². The zero-order chi connectivity index (χ0) is 29.2. The molecule has 1 unspecified atom stereocenters. The van der Waals surface area contributed by atoms with E-state index < -0.39 is 6.04 Å². The van der Waals surface area contributed by atoms with Crippen LogP contribution < -0.4 is 10.2 Å². The number of carbonyl (C=O) groups is 2. The molecule has 1 aliphatic rings. The lowest BCUT2D eigenvalue weighted by Crippen LogP contribution is -2.48. The van der Waals surface area contributed by atoms with Crippen LogP contribution in [0.5, 0.6) is 0 Å². The molecule has 0 aliphatic carbocycles. The third-order valence-corrected chi connectivity index (χ3v) is 7.11. The maximum atomic E-state index is 13.5. The van der Waals surface area contributed by atoms with E-state index in [1.807, 2.05) is 49.4 Å². The molecule has 3 aromatic carbocycles. The van der Waals surface area contributed by atoms with Gasteiger partial charge in [-0.15, -0.1) is 0 Å². The van der Waals surface area contributed by atoms with Crippen LogP contribution in [-0.2, 0) is 20.7 Å². The molecule has 0 saturated carbocycles. The number of hydrogen-bond acceptors (Lipinski definition) is 4. The number of carbonyl (C=O) groups excluding carboxylic acids is 2. The minimum Gasteiger partial charge on any atom is -0.384 e. The molecule has 1 heterocycles. The van der Waals surface area contributed by atoms with Gasteiger partial charge in [-0.2, -0.15) is 0 Å². The van der Waals surface area contributed by atoms with E-state index in [2.05, 4.69) is 19.2 Å². The number of rotatable bonds is 8. The van der Waals surface area contributed by atoms with Crippen molar-refractivity contribution in [2.75, 3.05) is 30.5 Å². The van der Waals surface area contributed by atoms with Gasteiger partial charge < -0.3 is 15.0 Å². The molecule has 1 fully saturated rings. The van der Waals surface area contributed by atoms with Gasteiger partial charge in [0, 0.05) is 25.3 Å². The summed E-state index contributed by atoms with van der Waals surface area (Å²) < 4.78 is 4.80. The number of methoxy groups -OCH3 is 1. The molecule has 212 valence electrons. The second-order valence-corrected chi connectivity index (χ2v) is 11.2. The molecule has 6 nitrogen and oxygen atoms in total. The summed E-state index contributed by atoms with van der Waals surface area (Å²) in [4.78, 5) is 29.4. The summed E-state index contributed by atoms with van der Waals surface area (Å²) in [6, 6.07) is 21.5. The van der Waals surface area contributed by atoms with E-state index >= 15 is 0 Å². The van der Waals surface area contributed by atoms with E-state index in [-0.39, 0.29) is 18.2 Å². The fourth-order valence-corrected chi connectivity index (χ4v) is 4.90. The summed E-state index contributed by atoms with van der Waals surface area (Å²) in [6.45, 7) is 7.53. The van der Waals surface area contributed by atoms with Crippen LogP contribution in [0.1, 0.15) is 31.4 Å². The monoisotopic (exact) mass is 599 g/mol. The highest BCUT2D eigenvalue weighted by atomic mass is 35.5. The van der Waals surface area contributed by atoms with Gasteiger partial charge >= 0.3 is 0 Å². The average Bonchev–Trinajstić information content (AvgIpc) is 3.21. The molecule has 1 saturated heterocycles. The van der Waals surface area contributed by atoms with Crippen molar-refractivity contribution in [2.24, 2.45) is 5.92 Å². The van der Waals surface area contributed by atoms with Crippen LogP contribution in [0.4, 0.5) is 11.4 Å². The van der Waals surface area contributed by atoms with Crippen LogP contribution >= 0.6 is 35.4 Å². The normalized spacial score (nSPS) is 14.7. The highest BCUT2D eigenvalue weighted by Gasteiger charge is 2.43. The Labute approximate surface area is 252 Å². The fourth-order valence-electron chi connectivity index (χ4n) is 4.23. The van der Waals surface area contributed by atoms with Gasteiger partial charge in [0.15, 0.2) is 5.11 Å². The molecule has 0 bridgehead atoms. The quantitative estimate of drug-likeness (QED) is 0.219. The van der Waals surface area contributed by atoms with Gasteiger partial charge in [0.05, 0.1) is 22.8 Å². The first-order valence-electron chi connectivity index (χ1n) is 13.1. The molecule has 0 radical (unpaired) electrons. The first kappa shape index (κ1) is 31.6. The zero-order valence-electron chi connectivity index (χ0n) is 23.2. The van der Waals surface area contributed by atoms with Gasteiger partial charge in [0.1, 0.15) is 6.04 Å². The van der Waals surface area contributed by atoms with Crippen molar-refractivity contribution in [1.82, 2.24) is 4.90 Å². The predicted octanol–water partition coefficient (Wildman–Crippen LogP) is 7.16. The lowest BCUT2D eigenvalue weighted by molar-refractivity contribution is -0.122. The lowest BCUT2D eigenvalue weighted by Gasteiger charge is -2.30. The summed E-state index contributed by atoms with van der Waals surface area (Å²) in [6.07, 6.45) is 0.682. The summed E-state index contributed by atoms with van der Waals surface area (Å²) in [5, 5.41) is 4.38. The minimum atomic E-state index is -0.726. The first-order chi connectivity index (χ1) is 19.1. The third-order valence-electron chi connectivity index (χ3n) is 6.21. The van der Waals surface area contributed by atoms with Crippen LogP contribution in [0.3, 0.4) is 0 Å². The van der Waals surface area contributed by atoms with Crippen molar-refractivity contribution in [3.8, 4) is 0 Å². The Hall–Kier alpha value is -2.97. The Morgan fingerprint density at radius 1 is 1.07 bits per heavy atom. The largest absolute Gasteiger partial charge is 0.384 e. The van der Waals surface area contributed by atoms with Crippen molar-refractivity contribution in [1.29, 1.82) is 0 Å². The molecule has 0 spiro atoms. The second-order valence-electron chi connectivity index (χ2n) is 9.96. The van der Waals surface area contributed by atoms with Crippen LogP contribution in [0.15, 0.2) is 72.8 Å². The average molecular weight is 601 g/mol. The Morgan fingerprint density at radius 2 is 1.75 bits per heavy atom. The SMILES string of the molecule is COCC(C)C.Cc1ccc(N2C(=O)CC(N(CCc3ccccc3)C(=S)Nc3cc(Cl)ccc3Cl)C2=O)cc1. The lowest BCUT2D eigenvalue weighted by atomic mass is 10.1. The maximum absolute atomic E-state index is 13.5. The smallest absolute Gasteiger partial charge is 0.257 e. The predicted molar refractivity (Wildman–Crippen MR) is 168 cm³/mol. The highest BCUT2D eigenvalue weighted by Crippen LogP contribution is 2.29. The molecule has 1 aliphatic heterocycles. The summed E-state index contributed by atoms with van der Waals surface area (Å²) in [5.74, 6) is 0.116. The molecular weight excluding hydrogens is 565 g/mol. The molecule has 2 amide bonds. The van der Waals surface area contributed by atoms with Crippen molar-refractivity contribution < 1.29 is 14.3 Å². The molecule has 0 aromatic heterocycles. The number of ether oxygens (including phenoxy) is 1. The summed E-state index contributed by atoms with van der Waals surface area (Å²) in [7, 11) is 1.72. The second kappa shape index (κ2) is 15.1. The molecule has 1 N–H and O–H groups in total. The minimum absolute atomic E-state index is 0.0343. The number of nitrogens with zero attached hydrogens (tertiary/aromatic N) is 2. The van der Waals surface area contributed by atoms with E-state index in [0.717, 1.165) is 17.7 Å². The van der Waals surface area contributed by atoms with E-state index in [0.29, 0.717) is 45.4 Å². The topological polar surface area (TPSA) is 61.9 Å². The van der Waals surface area contributed by atoms with Crippen LogP contribution in [0, 0.1) is 12.8 Å². The number of anilines is 2. The van der Waals surface area contributed by atoms with Gasteiger partial charge in [-0.05, 0) is 67.4 Å². The van der Waals surface area contributed by atoms with Crippen molar-refractivity contribution in [2.45, 2.75) is 39.7 Å². The molecule has 40 heavy (non-hydrogen) atoms. The first-order valence-corrected chi connectivity index (χ1v) is 14.3. The Bertz CT molecular complexity index is 1300. The number of thiocarbonyl (C=S) groups is 1. The molecule has 1 atom stereocenters. The number of imide groups is 1. The summed E-state index contributed by atoms with van der Waals surface area (Å²) in [5.41, 5.74) is 3.25. The van der Waals surface area contributed by atoms with E-state index in [1.165, 1.54) is 4.90 Å². The highest BCUT2D eigenvalue weighted by molar-refractivity contribution is 7.80. The van der Waals surface area contributed by atoms with E-state index in [4.69, 9.17) is 40.2 Å². The van der Waals surface area contributed by atoms with Gasteiger partial charge in [-0.1, -0.05) is 85.1 Å². The van der Waals surface area contributed by atoms with Crippen LogP contribution in [0.2, 0.25) is 10.0 Å². The molecule has 9 heteroatoms. The van der Waals surface area contributed by atoms with Crippen molar-refractivity contribution in [3.63, 3.8) is 0 Å². The Balaban J connectivity index is 0.000000663. The van der Waals surface area contributed by atoms with Gasteiger partial charge in [-0.25, -0.2) is 4.90 Å². The zero-order valence-corrected chi connectivity index (χ0v) is 25.5. The van der Waals surface area contributed by atoms with E-state index in [1.54, 1.807) is 42.3 Å². The number of benzene rings is 3. The van der Waals surface area contributed by atoms with Crippen molar-refractivity contribution in [3.05, 3.63) is 94.0 Å². The Morgan fingerprint density at radius 3 is 2.35 bits per heavy atom. The number of aryl methyl sites for hydroxylation is 1. The standard InChI is InChI=1S/C26H23Cl2N3O2S.C5H12O/c1-17-7-10-20(11-8-17)31-24(32)16-23(25(31)33)30(14-13-18-5-3-2-4-6-18)26(34)29-22-15-19(27)9-12-21(22)28;1-5(2)4-6-3/h2-12,15,23H,13-14,16H2,1H3,(H,29,34);5H,4H2,1-3H3. The number of amides is 2. The fraction of sp³-hybridized carbons (Fsp3) is 0.323. The summed E-state index contributed by atoms with van der Waals surface area (Å²) >= 11 is 18.2. The molecule has 4 rings (SSSR count). The number of hydrogen-bond donors (Lipinski definition) is 1. The van der Waals surface area contributed by atoms with Gasteiger partial charge in [-0.3, -0.25) is 9.59 Å².